The Labute approximate surface area is 117 Å². The lowest BCUT2D eigenvalue weighted by atomic mass is 9.99. The van der Waals surface area contributed by atoms with Crippen molar-refractivity contribution < 1.29 is 23.8 Å². The molecule has 1 amide bonds. The minimum absolute atomic E-state index is 0.182. The Morgan fingerprint density at radius 1 is 1.45 bits per heavy atom. The van der Waals surface area contributed by atoms with Crippen LogP contribution in [0, 0.1) is 5.82 Å². The topological polar surface area (TPSA) is 66.8 Å². The van der Waals surface area contributed by atoms with Crippen LogP contribution >= 0.6 is 0 Å². The first-order chi connectivity index (χ1) is 9.45. The van der Waals surface area contributed by atoms with E-state index in [9.17, 15) is 14.0 Å². The van der Waals surface area contributed by atoms with Gasteiger partial charge in [-0.25, -0.2) is 4.39 Å². The van der Waals surface area contributed by atoms with E-state index in [1.165, 1.54) is 30.2 Å². The molecule has 6 heteroatoms. The highest BCUT2D eigenvalue weighted by Crippen LogP contribution is 2.18. The summed E-state index contributed by atoms with van der Waals surface area (Å²) in [5.74, 6) is -2.50. The molecule has 0 spiro atoms. The minimum Gasteiger partial charge on any atom is -0.480 e. The molecule has 0 bridgehead atoms. The number of carboxylic acid groups (broad SMARTS) is 1. The average molecular weight is 283 g/mol. The van der Waals surface area contributed by atoms with E-state index >= 15 is 0 Å². The SMILES string of the molecule is COCCN(CC(=O)O)C(=O)C(C)c1cccc(F)c1. The Morgan fingerprint density at radius 3 is 2.70 bits per heavy atom. The molecular weight excluding hydrogens is 265 g/mol. The van der Waals surface area contributed by atoms with Gasteiger partial charge in [0, 0.05) is 13.7 Å². The van der Waals surface area contributed by atoms with Gasteiger partial charge in [0.15, 0.2) is 0 Å². The largest absolute Gasteiger partial charge is 0.480 e. The second kappa shape index (κ2) is 7.59. The van der Waals surface area contributed by atoms with E-state index in [0.717, 1.165) is 0 Å². The van der Waals surface area contributed by atoms with Crippen LogP contribution in [0.5, 0.6) is 0 Å². The Hall–Kier alpha value is -1.95. The molecule has 110 valence electrons. The summed E-state index contributed by atoms with van der Waals surface area (Å²) in [5.41, 5.74) is 0.516. The zero-order valence-electron chi connectivity index (χ0n) is 11.5. The summed E-state index contributed by atoms with van der Waals surface area (Å²) in [7, 11) is 1.47. The highest BCUT2D eigenvalue weighted by atomic mass is 19.1. The number of hydrogen-bond acceptors (Lipinski definition) is 3. The van der Waals surface area contributed by atoms with Crippen molar-refractivity contribution in [1.82, 2.24) is 4.90 Å². The zero-order valence-corrected chi connectivity index (χ0v) is 11.5. The van der Waals surface area contributed by atoms with Crippen molar-refractivity contribution in [3.8, 4) is 0 Å². The maximum absolute atomic E-state index is 13.2. The van der Waals surface area contributed by atoms with Gasteiger partial charge in [-0.05, 0) is 24.6 Å². The van der Waals surface area contributed by atoms with Crippen molar-refractivity contribution in [3.05, 3.63) is 35.6 Å². The van der Waals surface area contributed by atoms with E-state index in [2.05, 4.69) is 0 Å². The van der Waals surface area contributed by atoms with Gasteiger partial charge in [-0.1, -0.05) is 12.1 Å². The molecule has 0 saturated heterocycles. The highest BCUT2D eigenvalue weighted by molar-refractivity contribution is 5.86. The monoisotopic (exact) mass is 283 g/mol. The van der Waals surface area contributed by atoms with Crippen molar-refractivity contribution in [1.29, 1.82) is 0 Å². The number of carbonyl (C=O) groups excluding carboxylic acids is 1. The maximum atomic E-state index is 13.2. The van der Waals surface area contributed by atoms with Gasteiger partial charge in [0.25, 0.3) is 0 Å². The average Bonchev–Trinajstić information content (AvgIpc) is 2.41. The molecule has 0 aliphatic rings. The Balaban J connectivity index is 2.84. The number of ether oxygens (including phenoxy) is 1. The summed E-state index contributed by atoms with van der Waals surface area (Å²) in [6, 6.07) is 5.73. The minimum atomic E-state index is -1.10. The molecule has 1 aromatic carbocycles. The third-order valence-corrected chi connectivity index (χ3v) is 2.92. The molecule has 0 aliphatic heterocycles. The maximum Gasteiger partial charge on any atom is 0.323 e. The molecule has 1 unspecified atom stereocenters. The predicted molar refractivity (Wildman–Crippen MR) is 70.9 cm³/mol. The van der Waals surface area contributed by atoms with E-state index < -0.39 is 24.2 Å². The van der Waals surface area contributed by atoms with E-state index in [-0.39, 0.29) is 19.1 Å². The van der Waals surface area contributed by atoms with Crippen LogP contribution in [0.4, 0.5) is 4.39 Å². The Bertz CT molecular complexity index is 478. The van der Waals surface area contributed by atoms with Gasteiger partial charge in [0.05, 0.1) is 12.5 Å². The van der Waals surface area contributed by atoms with E-state index in [1.54, 1.807) is 13.0 Å². The van der Waals surface area contributed by atoms with Crippen LogP contribution in [0.25, 0.3) is 0 Å². The van der Waals surface area contributed by atoms with E-state index in [0.29, 0.717) is 5.56 Å². The fourth-order valence-corrected chi connectivity index (χ4v) is 1.82. The fourth-order valence-electron chi connectivity index (χ4n) is 1.82. The van der Waals surface area contributed by atoms with Gasteiger partial charge in [-0.3, -0.25) is 9.59 Å². The lowest BCUT2D eigenvalue weighted by molar-refractivity contribution is -0.145. The van der Waals surface area contributed by atoms with Crippen molar-refractivity contribution in [2.45, 2.75) is 12.8 Å². The second-order valence-corrected chi connectivity index (χ2v) is 4.42. The van der Waals surface area contributed by atoms with Crippen LogP contribution in [-0.2, 0) is 14.3 Å². The number of hydrogen-bond donors (Lipinski definition) is 1. The molecule has 0 heterocycles. The third kappa shape index (κ3) is 4.62. The summed E-state index contributed by atoms with van der Waals surface area (Å²) in [4.78, 5) is 24.3. The van der Waals surface area contributed by atoms with E-state index in [1.807, 2.05) is 0 Å². The first-order valence-corrected chi connectivity index (χ1v) is 6.20. The number of amides is 1. The summed E-state index contributed by atoms with van der Waals surface area (Å²) in [6.45, 7) is 1.65. The van der Waals surface area contributed by atoms with Crippen molar-refractivity contribution >= 4 is 11.9 Å². The van der Waals surface area contributed by atoms with E-state index in [4.69, 9.17) is 9.84 Å². The second-order valence-electron chi connectivity index (χ2n) is 4.42. The number of benzene rings is 1. The van der Waals surface area contributed by atoms with Crippen LogP contribution in [0.2, 0.25) is 0 Å². The lowest BCUT2D eigenvalue weighted by Gasteiger charge is -2.24. The number of carboxylic acids is 1. The first-order valence-electron chi connectivity index (χ1n) is 6.20. The normalized spacial score (nSPS) is 11.9. The number of halogens is 1. The predicted octanol–water partition coefficient (Wildman–Crippen LogP) is 1.49. The molecular formula is C14H18FNO4. The number of carbonyl (C=O) groups is 2. The Kier molecular flexibility index (Phi) is 6.11. The quantitative estimate of drug-likeness (QED) is 0.823. The molecule has 0 aromatic heterocycles. The lowest BCUT2D eigenvalue weighted by Crippen LogP contribution is -2.40. The van der Waals surface area contributed by atoms with Crippen LogP contribution in [0.3, 0.4) is 0 Å². The van der Waals surface area contributed by atoms with Gasteiger partial charge in [0.1, 0.15) is 12.4 Å². The first kappa shape index (κ1) is 16.1. The smallest absolute Gasteiger partial charge is 0.323 e. The van der Waals surface area contributed by atoms with Crippen molar-refractivity contribution in [2.24, 2.45) is 0 Å². The van der Waals surface area contributed by atoms with Crippen LogP contribution in [-0.4, -0.2) is 48.7 Å². The summed E-state index contributed by atoms with van der Waals surface area (Å²) in [6.07, 6.45) is 0. The van der Waals surface area contributed by atoms with Gasteiger partial charge in [-0.2, -0.15) is 0 Å². The third-order valence-electron chi connectivity index (χ3n) is 2.92. The van der Waals surface area contributed by atoms with Gasteiger partial charge in [-0.15, -0.1) is 0 Å². The number of aliphatic carboxylic acids is 1. The van der Waals surface area contributed by atoms with Gasteiger partial charge < -0.3 is 14.7 Å². The summed E-state index contributed by atoms with van der Waals surface area (Å²) < 4.78 is 18.0. The highest BCUT2D eigenvalue weighted by Gasteiger charge is 2.23. The van der Waals surface area contributed by atoms with Gasteiger partial charge in [0.2, 0.25) is 5.91 Å². The summed E-state index contributed by atoms with van der Waals surface area (Å²) >= 11 is 0. The molecule has 0 aliphatic carbocycles. The molecule has 1 rings (SSSR count). The molecule has 20 heavy (non-hydrogen) atoms. The van der Waals surface area contributed by atoms with Gasteiger partial charge >= 0.3 is 5.97 Å². The molecule has 1 N–H and O–H groups in total. The molecule has 0 fully saturated rings. The molecule has 1 atom stereocenters. The Morgan fingerprint density at radius 2 is 2.15 bits per heavy atom. The van der Waals surface area contributed by atoms with Crippen LogP contribution < -0.4 is 0 Å². The fraction of sp³-hybridized carbons (Fsp3) is 0.429. The molecule has 5 nitrogen and oxygen atoms in total. The molecule has 0 saturated carbocycles. The zero-order chi connectivity index (χ0) is 15.1. The number of nitrogens with zero attached hydrogens (tertiary/aromatic N) is 1. The van der Waals surface area contributed by atoms with Crippen LogP contribution in [0.1, 0.15) is 18.4 Å². The standard InChI is InChI=1S/C14H18FNO4/c1-10(11-4-3-5-12(15)8-11)14(19)16(6-7-20-2)9-13(17)18/h3-5,8,10H,6-7,9H2,1-2H3,(H,17,18). The van der Waals surface area contributed by atoms with Crippen molar-refractivity contribution in [2.75, 3.05) is 26.8 Å². The summed E-state index contributed by atoms with van der Waals surface area (Å²) in [5, 5.41) is 8.83. The van der Waals surface area contributed by atoms with Crippen LogP contribution in [0.15, 0.2) is 24.3 Å². The number of methoxy groups -OCH3 is 1. The van der Waals surface area contributed by atoms with Crippen molar-refractivity contribution in [3.63, 3.8) is 0 Å². The molecule has 1 aromatic rings. The number of rotatable bonds is 7. The molecule has 0 radical (unpaired) electrons.